The number of hydrogen-bond donors (Lipinski definition) is 0. The van der Waals surface area contributed by atoms with Crippen LogP contribution < -0.4 is 4.74 Å². The SMILES string of the molecule is Cl.Cl.c1ccc(OCCN2CCN(CCOC(c3ccccc3)c3ccccc3)CC2)cc1. The van der Waals surface area contributed by atoms with Crippen molar-refractivity contribution in [2.75, 3.05) is 52.5 Å². The molecule has 0 N–H and O–H groups in total. The molecule has 1 aliphatic heterocycles. The minimum absolute atomic E-state index is 0. The zero-order valence-corrected chi connectivity index (χ0v) is 20.6. The van der Waals surface area contributed by atoms with Gasteiger partial charge in [0.2, 0.25) is 0 Å². The monoisotopic (exact) mass is 488 g/mol. The molecule has 0 aliphatic carbocycles. The van der Waals surface area contributed by atoms with Crippen LogP contribution in [0, 0.1) is 0 Å². The third-order valence-corrected chi connectivity index (χ3v) is 5.78. The number of hydrogen-bond acceptors (Lipinski definition) is 4. The molecule has 3 aromatic carbocycles. The summed E-state index contributed by atoms with van der Waals surface area (Å²) in [6, 6.07) is 31.1. The van der Waals surface area contributed by atoms with E-state index in [0.29, 0.717) is 0 Å². The molecule has 0 unspecified atom stereocenters. The zero-order valence-electron chi connectivity index (χ0n) is 18.9. The second kappa shape index (κ2) is 14.9. The molecule has 0 spiro atoms. The fraction of sp³-hybridized carbons (Fsp3) is 0.333. The maximum atomic E-state index is 6.38. The highest BCUT2D eigenvalue weighted by Gasteiger charge is 2.18. The average Bonchev–Trinajstić information content (AvgIpc) is 2.85. The summed E-state index contributed by atoms with van der Waals surface area (Å²) in [6.45, 7) is 7.73. The quantitative estimate of drug-likeness (QED) is 0.384. The lowest BCUT2D eigenvalue weighted by Gasteiger charge is -2.34. The molecule has 0 atom stereocenters. The van der Waals surface area contributed by atoms with E-state index >= 15 is 0 Å². The predicted octanol–water partition coefficient (Wildman–Crippen LogP) is 5.33. The first kappa shape index (κ1) is 27.2. The van der Waals surface area contributed by atoms with E-state index < -0.39 is 0 Å². The molecule has 4 nitrogen and oxygen atoms in total. The van der Waals surface area contributed by atoms with Crippen molar-refractivity contribution in [2.24, 2.45) is 0 Å². The molecule has 0 amide bonds. The van der Waals surface area contributed by atoms with Crippen LogP contribution in [0.3, 0.4) is 0 Å². The molecule has 0 bridgehead atoms. The summed E-state index contributed by atoms with van der Waals surface area (Å²) < 4.78 is 12.2. The summed E-state index contributed by atoms with van der Waals surface area (Å²) in [5, 5.41) is 0. The molecule has 0 saturated carbocycles. The van der Waals surface area contributed by atoms with E-state index in [2.05, 4.69) is 70.5 Å². The van der Waals surface area contributed by atoms with Gasteiger partial charge in [0.25, 0.3) is 0 Å². The van der Waals surface area contributed by atoms with Crippen molar-refractivity contribution in [3.8, 4) is 5.75 Å². The first-order valence-electron chi connectivity index (χ1n) is 11.2. The van der Waals surface area contributed by atoms with Crippen LogP contribution in [0.1, 0.15) is 17.2 Å². The average molecular weight is 489 g/mol. The topological polar surface area (TPSA) is 24.9 Å². The van der Waals surface area contributed by atoms with Gasteiger partial charge in [-0.05, 0) is 23.3 Å². The van der Waals surface area contributed by atoms with E-state index in [0.717, 1.165) is 58.2 Å². The predicted molar refractivity (Wildman–Crippen MR) is 140 cm³/mol. The van der Waals surface area contributed by atoms with Crippen LogP contribution in [-0.4, -0.2) is 62.3 Å². The highest BCUT2D eigenvalue weighted by atomic mass is 35.5. The van der Waals surface area contributed by atoms with Gasteiger partial charge in [-0.3, -0.25) is 9.80 Å². The molecule has 1 saturated heterocycles. The molecule has 6 heteroatoms. The van der Waals surface area contributed by atoms with Crippen molar-refractivity contribution in [1.29, 1.82) is 0 Å². The lowest BCUT2D eigenvalue weighted by molar-refractivity contribution is 0.0435. The second-order valence-electron chi connectivity index (χ2n) is 7.92. The lowest BCUT2D eigenvalue weighted by atomic mass is 10.0. The van der Waals surface area contributed by atoms with E-state index in [4.69, 9.17) is 9.47 Å². The lowest BCUT2D eigenvalue weighted by Crippen LogP contribution is -2.48. The van der Waals surface area contributed by atoms with Gasteiger partial charge in [-0.1, -0.05) is 78.9 Å². The molecular formula is C27H34Cl2N2O2. The minimum Gasteiger partial charge on any atom is -0.492 e. The largest absolute Gasteiger partial charge is 0.492 e. The van der Waals surface area contributed by atoms with Gasteiger partial charge in [-0.2, -0.15) is 0 Å². The Balaban J connectivity index is 0.00000193. The van der Waals surface area contributed by atoms with Gasteiger partial charge in [0.1, 0.15) is 18.5 Å². The van der Waals surface area contributed by atoms with Crippen LogP contribution in [0.15, 0.2) is 91.0 Å². The summed E-state index contributed by atoms with van der Waals surface area (Å²) in [6.07, 6.45) is -0.0150. The Morgan fingerprint density at radius 2 is 1.00 bits per heavy atom. The second-order valence-corrected chi connectivity index (χ2v) is 7.92. The maximum absolute atomic E-state index is 6.38. The number of ether oxygens (including phenoxy) is 2. The molecule has 0 aromatic heterocycles. The molecule has 178 valence electrons. The van der Waals surface area contributed by atoms with Crippen molar-refractivity contribution in [3.05, 3.63) is 102 Å². The van der Waals surface area contributed by atoms with Crippen LogP contribution in [0.25, 0.3) is 0 Å². The van der Waals surface area contributed by atoms with Crippen LogP contribution in [0.5, 0.6) is 5.75 Å². The Hall–Kier alpha value is -2.08. The van der Waals surface area contributed by atoms with Gasteiger partial charge in [-0.15, -0.1) is 24.8 Å². The highest BCUT2D eigenvalue weighted by Crippen LogP contribution is 2.25. The molecular weight excluding hydrogens is 455 g/mol. The Bertz CT molecular complexity index is 837. The first-order valence-corrected chi connectivity index (χ1v) is 11.2. The van der Waals surface area contributed by atoms with Gasteiger partial charge in [-0.25, -0.2) is 0 Å². The van der Waals surface area contributed by atoms with Crippen molar-refractivity contribution in [1.82, 2.24) is 9.80 Å². The van der Waals surface area contributed by atoms with Crippen molar-refractivity contribution < 1.29 is 9.47 Å². The van der Waals surface area contributed by atoms with Gasteiger partial charge in [0, 0.05) is 39.3 Å². The Morgan fingerprint density at radius 1 is 0.576 bits per heavy atom. The molecule has 33 heavy (non-hydrogen) atoms. The third-order valence-electron chi connectivity index (χ3n) is 5.78. The van der Waals surface area contributed by atoms with Crippen LogP contribution in [-0.2, 0) is 4.74 Å². The summed E-state index contributed by atoms with van der Waals surface area (Å²) in [5.74, 6) is 0.949. The Morgan fingerprint density at radius 3 is 1.48 bits per heavy atom. The number of piperazine rings is 1. The maximum Gasteiger partial charge on any atom is 0.119 e. The van der Waals surface area contributed by atoms with Gasteiger partial charge < -0.3 is 9.47 Å². The normalized spacial score (nSPS) is 14.3. The Kier molecular flexibility index (Phi) is 12.3. The fourth-order valence-corrected chi connectivity index (χ4v) is 3.99. The summed E-state index contributed by atoms with van der Waals surface area (Å²) in [7, 11) is 0. The van der Waals surface area contributed by atoms with E-state index in [-0.39, 0.29) is 30.9 Å². The van der Waals surface area contributed by atoms with E-state index in [1.165, 1.54) is 11.1 Å². The van der Waals surface area contributed by atoms with Gasteiger partial charge >= 0.3 is 0 Å². The third kappa shape index (κ3) is 8.65. The van der Waals surface area contributed by atoms with Crippen LogP contribution >= 0.6 is 24.8 Å². The number of benzene rings is 3. The van der Waals surface area contributed by atoms with Gasteiger partial charge in [0.15, 0.2) is 0 Å². The van der Waals surface area contributed by atoms with Crippen molar-refractivity contribution in [2.45, 2.75) is 6.10 Å². The smallest absolute Gasteiger partial charge is 0.119 e. The Labute approximate surface area is 210 Å². The molecule has 3 aromatic rings. The molecule has 1 aliphatic rings. The fourth-order valence-electron chi connectivity index (χ4n) is 3.99. The number of rotatable bonds is 10. The van der Waals surface area contributed by atoms with E-state index in [9.17, 15) is 0 Å². The number of nitrogens with zero attached hydrogens (tertiary/aromatic N) is 2. The highest BCUT2D eigenvalue weighted by molar-refractivity contribution is 5.85. The first-order chi connectivity index (χ1) is 15.4. The molecule has 4 rings (SSSR count). The van der Waals surface area contributed by atoms with Crippen molar-refractivity contribution >= 4 is 24.8 Å². The van der Waals surface area contributed by atoms with E-state index in [1.807, 2.05) is 30.3 Å². The summed E-state index contributed by atoms with van der Waals surface area (Å²) >= 11 is 0. The standard InChI is InChI=1S/C27H32N2O2.2ClH/c1-4-10-24(11-5-1)27(25-12-6-2-7-13-25)31-23-21-29-18-16-28(17-19-29)20-22-30-26-14-8-3-9-15-26;;/h1-15,27H,16-23H2;2*1H. The molecule has 1 heterocycles. The molecule has 0 radical (unpaired) electrons. The molecule has 1 fully saturated rings. The van der Waals surface area contributed by atoms with Crippen molar-refractivity contribution in [3.63, 3.8) is 0 Å². The van der Waals surface area contributed by atoms with Crippen LogP contribution in [0.4, 0.5) is 0 Å². The summed E-state index contributed by atoms with van der Waals surface area (Å²) in [4.78, 5) is 4.98. The number of halogens is 2. The minimum atomic E-state index is -0.0150. The van der Waals surface area contributed by atoms with E-state index in [1.54, 1.807) is 0 Å². The van der Waals surface area contributed by atoms with Gasteiger partial charge in [0.05, 0.1) is 6.61 Å². The summed E-state index contributed by atoms with van der Waals surface area (Å²) in [5.41, 5.74) is 2.41. The van der Waals surface area contributed by atoms with Crippen LogP contribution in [0.2, 0.25) is 0 Å². The zero-order chi connectivity index (χ0) is 21.1. The number of para-hydroxylation sites is 1.